The highest BCUT2D eigenvalue weighted by Gasteiger charge is 2.33. The van der Waals surface area contributed by atoms with Crippen LogP contribution in [0.1, 0.15) is 51.4 Å². The van der Waals surface area contributed by atoms with E-state index < -0.39 is 0 Å². The Labute approximate surface area is 117 Å². The summed E-state index contributed by atoms with van der Waals surface area (Å²) in [6.07, 6.45) is 3.18. The molecular formula is C16H28N2O. The van der Waals surface area contributed by atoms with Crippen LogP contribution in [0.3, 0.4) is 0 Å². The summed E-state index contributed by atoms with van der Waals surface area (Å²) in [6, 6.07) is 4.39. The number of ether oxygens (including phenoxy) is 1. The van der Waals surface area contributed by atoms with E-state index in [4.69, 9.17) is 4.74 Å². The number of nitrogens with one attached hydrogen (secondary N) is 1. The molecular weight excluding hydrogens is 236 g/mol. The number of aryl methyl sites for hydroxylation is 1. The summed E-state index contributed by atoms with van der Waals surface area (Å²) >= 11 is 0. The van der Waals surface area contributed by atoms with Crippen molar-refractivity contribution in [1.29, 1.82) is 0 Å². The van der Waals surface area contributed by atoms with E-state index in [0.717, 1.165) is 18.7 Å². The van der Waals surface area contributed by atoms with Gasteiger partial charge in [-0.25, -0.2) is 0 Å². The lowest BCUT2D eigenvalue weighted by molar-refractivity contribution is -0.0120. The monoisotopic (exact) mass is 264 g/mol. The summed E-state index contributed by atoms with van der Waals surface area (Å²) in [4.78, 5) is 4.41. The molecule has 3 nitrogen and oxygen atoms in total. The molecule has 0 saturated heterocycles. The first-order chi connectivity index (χ1) is 8.90. The normalized spacial score (nSPS) is 15.3. The van der Waals surface area contributed by atoms with E-state index in [-0.39, 0.29) is 17.6 Å². The number of hydrogen-bond donors (Lipinski definition) is 1. The van der Waals surface area contributed by atoms with E-state index in [0.29, 0.717) is 0 Å². The van der Waals surface area contributed by atoms with Crippen molar-refractivity contribution in [3.05, 3.63) is 29.6 Å². The lowest BCUT2D eigenvalue weighted by atomic mass is 9.82. The number of aromatic nitrogens is 1. The van der Waals surface area contributed by atoms with E-state index in [9.17, 15) is 0 Å². The topological polar surface area (TPSA) is 34.2 Å². The summed E-state index contributed by atoms with van der Waals surface area (Å²) in [5, 5.41) is 3.60. The highest BCUT2D eigenvalue weighted by molar-refractivity contribution is 5.19. The van der Waals surface area contributed by atoms with Crippen LogP contribution in [0.15, 0.2) is 18.3 Å². The molecule has 19 heavy (non-hydrogen) atoms. The third-order valence-electron chi connectivity index (χ3n) is 3.32. The zero-order valence-electron chi connectivity index (χ0n) is 13.2. The average molecular weight is 264 g/mol. The largest absolute Gasteiger partial charge is 0.379 e. The number of nitrogens with zero attached hydrogens (tertiary/aromatic N) is 1. The predicted molar refractivity (Wildman–Crippen MR) is 80.3 cm³/mol. The van der Waals surface area contributed by atoms with Crippen molar-refractivity contribution in [3.8, 4) is 0 Å². The average Bonchev–Trinajstić information content (AvgIpc) is 2.34. The van der Waals surface area contributed by atoms with Crippen LogP contribution in [0.4, 0.5) is 0 Å². The van der Waals surface area contributed by atoms with E-state index in [2.05, 4.69) is 50.1 Å². The molecule has 0 amide bonds. The predicted octanol–water partition coefficient (Wildman–Crippen LogP) is 3.49. The van der Waals surface area contributed by atoms with Gasteiger partial charge in [0.2, 0.25) is 0 Å². The third-order valence-corrected chi connectivity index (χ3v) is 3.32. The van der Waals surface area contributed by atoms with Gasteiger partial charge in [-0.1, -0.05) is 33.8 Å². The van der Waals surface area contributed by atoms with Gasteiger partial charge in [-0.3, -0.25) is 4.98 Å². The summed E-state index contributed by atoms with van der Waals surface area (Å²) in [7, 11) is 1.79. The summed E-state index contributed by atoms with van der Waals surface area (Å²) < 4.78 is 5.77. The van der Waals surface area contributed by atoms with E-state index in [1.165, 1.54) is 5.56 Å². The van der Waals surface area contributed by atoms with Gasteiger partial charge in [0.05, 0.1) is 12.1 Å². The van der Waals surface area contributed by atoms with Crippen molar-refractivity contribution in [2.24, 2.45) is 5.41 Å². The minimum absolute atomic E-state index is 0.0744. The molecule has 0 radical (unpaired) electrons. The molecule has 0 bridgehead atoms. The molecule has 0 saturated carbocycles. The summed E-state index contributed by atoms with van der Waals surface area (Å²) in [5.41, 5.74) is 2.31. The molecule has 1 aromatic heterocycles. The van der Waals surface area contributed by atoms with Crippen LogP contribution in [0.5, 0.6) is 0 Å². The lowest BCUT2D eigenvalue weighted by Crippen LogP contribution is -2.41. The fourth-order valence-corrected chi connectivity index (χ4v) is 2.35. The van der Waals surface area contributed by atoms with Crippen LogP contribution >= 0.6 is 0 Å². The Morgan fingerprint density at radius 3 is 2.42 bits per heavy atom. The molecule has 0 aliphatic carbocycles. The van der Waals surface area contributed by atoms with Crippen LogP contribution in [-0.4, -0.2) is 24.7 Å². The minimum atomic E-state index is 0.0744. The second kappa shape index (κ2) is 7.01. The van der Waals surface area contributed by atoms with Crippen LogP contribution < -0.4 is 5.32 Å². The molecule has 0 aliphatic heterocycles. The molecule has 0 fully saturated rings. The first-order valence-electron chi connectivity index (χ1n) is 7.09. The Hall–Kier alpha value is -0.930. The molecule has 2 unspecified atom stereocenters. The first kappa shape index (κ1) is 16.1. The van der Waals surface area contributed by atoms with Gasteiger partial charge in [0.1, 0.15) is 0 Å². The summed E-state index contributed by atoms with van der Waals surface area (Å²) in [5.74, 6) is 0. The SMILES string of the molecule is CCCNC(c1ccc(C)nc1)C(OC)C(C)(C)C. The Morgan fingerprint density at radius 2 is 2.00 bits per heavy atom. The Morgan fingerprint density at radius 1 is 1.32 bits per heavy atom. The van der Waals surface area contributed by atoms with E-state index in [1.54, 1.807) is 7.11 Å². The van der Waals surface area contributed by atoms with Crippen LogP contribution in [-0.2, 0) is 4.74 Å². The minimum Gasteiger partial charge on any atom is -0.379 e. The van der Waals surface area contributed by atoms with Crippen LogP contribution in [0, 0.1) is 12.3 Å². The smallest absolute Gasteiger partial charge is 0.0814 e. The molecule has 0 spiro atoms. The Bertz CT molecular complexity index is 367. The van der Waals surface area contributed by atoms with Gasteiger partial charge in [0.25, 0.3) is 0 Å². The van der Waals surface area contributed by atoms with Gasteiger partial charge in [-0.05, 0) is 36.9 Å². The Kier molecular flexibility index (Phi) is 5.95. The highest BCUT2D eigenvalue weighted by atomic mass is 16.5. The lowest BCUT2D eigenvalue weighted by Gasteiger charge is -2.36. The maximum Gasteiger partial charge on any atom is 0.0814 e. The zero-order valence-corrected chi connectivity index (χ0v) is 13.2. The molecule has 1 heterocycles. The standard InChI is InChI=1S/C16H28N2O/c1-7-10-17-14(15(19-6)16(3,4)5)13-9-8-12(2)18-11-13/h8-9,11,14-15,17H,7,10H2,1-6H3. The molecule has 108 valence electrons. The second-order valence-electron chi connectivity index (χ2n) is 6.19. The molecule has 1 rings (SSSR count). The van der Waals surface area contributed by atoms with Gasteiger partial charge in [0, 0.05) is 19.0 Å². The maximum atomic E-state index is 5.77. The quantitative estimate of drug-likeness (QED) is 0.854. The Balaban J connectivity index is 3.02. The van der Waals surface area contributed by atoms with Crippen molar-refractivity contribution >= 4 is 0 Å². The van der Waals surface area contributed by atoms with Crippen molar-refractivity contribution in [3.63, 3.8) is 0 Å². The number of methoxy groups -OCH3 is 1. The fourth-order valence-electron chi connectivity index (χ4n) is 2.35. The van der Waals surface area contributed by atoms with Crippen LogP contribution in [0.2, 0.25) is 0 Å². The van der Waals surface area contributed by atoms with Crippen molar-refractivity contribution < 1.29 is 4.74 Å². The van der Waals surface area contributed by atoms with Gasteiger partial charge >= 0.3 is 0 Å². The van der Waals surface area contributed by atoms with Crippen molar-refractivity contribution in [2.45, 2.75) is 53.2 Å². The van der Waals surface area contributed by atoms with Gasteiger partial charge < -0.3 is 10.1 Å². The van der Waals surface area contributed by atoms with E-state index in [1.807, 2.05) is 13.1 Å². The first-order valence-corrected chi connectivity index (χ1v) is 7.09. The van der Waals surface area contributed by atoms with Gasteiger partial charge in [-0.15, -0.1) is 0 Å². The number of hydrogen-bond acceptors (Lipinski definition) is 3. The van der Waals surface area contributed by atoms with Crippen LogP contribution in [0.25, 0.3) is 0 Å². The number of rotatable bonds is 6. The highest BCUT2D eigenvalue weighted by Crippen LogP contribution is 2.32. The van der Waals surface area contributed by atoms with E-state index >= 15 is 0 Å². The molecule has 3 heteroatoms. The molecule has 2 atom stereocenters. The second-order valence-corrected chi connectivity index (χ2v) is 6.19. The van der Waals surface area contributed by atoms with Gasteiger partial charge in [-0.2, -0.15) is 0 Å². The van der Waals surface area contributed by atoms with Crippen molar-refractivity contribution in [2.75, 3.05) is 13.7 Å². The molecule has 0 aromatic carbocycles. The number of pyridine rings is 1. The molecule has 0 aliphatic rings. The summed E-state index contributed by atoms with van der Waals surface area (Å²) in [6.45, 7) is 11.8. The fraction of sp³-hybridized carbons (Fsp3) is 0.688. The van der Waals surface area contributed by atoms with Crippen molar-refractivity contribution in [1.82, 2.24) is 10.3 Å². The van der Waals surface area contributed by atoms with Gasteiger partial charge in [0.15, 0.2) is 0 Å². The zero-order chi connectivity index (χ0) is 14.5. The molecule has 1 N–H and O–H groups in total. The maximum absolute atomic E-state index is 5.77. The third kappa shape index (κ3) is 4.59. The molecule has 1 aromatic rings.